The molecule has 0 saturated heterocycles. The number of carbonyl (C=O) groups is 1. The lowest BCUT2D eigenvalue weighted by molar-refractivity contribution is -0.386. The Hall–Kier alpha value is -2.67. The highest BCUT2D eigenvalue weighted by Gasteiger charge is 2.19. The second kappa shape index (κ2) is 6.19. The van der Waals surface area contributed by atoms with Crippen LogP contribution in [0.4, 0.5) is 5.69 Å². The standard InChI is InChI=1S/C14H11NO5S/c1-20-12-8-9(7-10(14(12)17)15(18)19)4-5-11(16)13-3-2-6-21-13/h2-8,17H,1H3/b5-4+. The van der Waals surface area contributed by atoms with E-state index in [0.29, 0.717) is 10.4 Å². The van der Waals surface area contributed by atoms with Gasteiger partial charge in [-0.05, 0) is 29.2 Å². The topological polar surface area (TPSA) is 89.7 Å². The number of methoxy groups -OCH3 is 1. The van der Waals surface area contributed by atoms with Crippen LogP contribution in [0.1, 0.15) is 15.2 Å². The molecule has 1 aromatic carbocycles. The van der Waals surface area contributed by atoms with Crippen molar-refractivity contribution in [3.05, 3.63) is 56.3 Å². The van der Waals surface area contributed by atoms with Gasteiger partial charge in [0, 0.05) is 6.07 Å². The fourth-order valence-corrected chi connectivity index (χ4v) is 2.32. The van der Waals surface area contributed by atoms with Crippen molar-refractivity contribution in [3.63, 3.8) is 0 Å². The van der Waals surface area contributed by atoms with Gasteiger partial charge in [0.2, 0.25) is 5.75 Å². The predicted octanol–water partition coefficient (Wildman–Crippen LogP) is 3.27. The summed E-state index contributed by atoms with van der Waals surface area (Å²) in [4.78, 5) is 22.6. The second-order valence-electron chi connectivity index (χ2n) is 4.02. The Labute approximate surface area is 124 Å². The van der Waals surface area contributed by atoms with Gasteiger partial charge in [-0.15, -0.1) is 11.3 Å². The number of aromatic hydroxyl groups is 1. The minimum atomic E-state index is -0.712. The molecule has 1 aromatic heterocycles. The van der Waals surface area contributed by atoms with Crippen LogP contribution < -0.4 is 4.74 Å². The molecule has 21 heavy (non-hydrogen) atoms. The van der Waals surface area contributed by atoms with Crippen molar-refractivity contribution in [2.45, 2.75) is 0 Å². The third kappa shape index (κ3) is 3.26. The van der Waals surface area contributed by atoms with E-state index >= 15 is 0 Å². The molecule has 2 rings (SSSR count). The Morgan fingerprint density at radius 3 is 2.81 bits per heavy atom. The summed E-state index contributed by atoms with van der Waals surface area (Å²) in [5, 5.41) is 22.3. The summed E-state index contributed by atoms with van der Waals surface area (Å²) in [5.74, 6) is -0.753. The zero-order valence-electron chi connectivity index (χ0n) is 11.0. The van der Waals surface area contributed by atoms with E-state index < -0.39 is 16.4 Å². The van der Waals surface area contributed by atoms with Gasteiger partial charge in [-0.3, -0.25) is 14.9 Å². The number of phenols is 1. The lowest BCUT2D eigenvalue weighted by atomic mass is 10.1. The van der Waals surface area contributed by atoms with Crippen molar-refractivity contribution in [1.29, 1.82) is 0 Å². The van der Waals surface area contributed by atoms with E-state index in [-0.39, 0.29) is 11.5 Å². The van der Waals surface area contributed by atoms with Crippen molar-refractivity contribution >= 4 is 28.9 Å². The molecule has 0 radical (unpaired) electrons. The number of hydrogen-bond donors (Lipinski definition) is 1. The van der Waals surface area contributed by atoms with Crippen LogP contribution in [0.5, 0.6) is 11.5 Å². The van der Waals surface area contributed by atoms with Crippen LogP contribution in [0.15, 0.2) is 35.7 Å². The normalized spacial score (nSPS) is 10.7. The third-order valence-electron chi connectivity index (χ3n) is 2.68. The SMILES string of the molecule is COc1cc(/C=C/C(=O)c2cccs2)cc([N+](=O)[O-])c1O. The van der Waals surface area contributed by atoms with Crippen LogP contribution in [0.25, 0.3) is 6.08 Å². The highest BCUT2D eigenvalue weighted by Crippen LogP contribution is 2.37. The minimum absolute atomic E-state index is 0.0209. The molecule has 108 valence electrons. The zero-order chi connectivity index (χ0) is 15.4. The number of nitro groups is 1. The summed E-state index contributed by atoms with van der Waals surface area (Å²) in [6.07, 6.45) is 2.76. The predicted molar refractivity (Wildman–Crippen MR) is 79.0 cm³/mol. The molecule has 6 nitrogen and oxygen atoms in total. The number of ether oxygens (including phenoxy) is 1. The maximum Gasteiger partial charge on any atom is 0.315 e. The monoisotopic (exact) mass is 305 g/mol. The van der Waals surface area contributed by atoms with Crippen LogP contribution in [-0.4, -0.2) is 22.9 Å². The number of benzene rings is 1. The van der Waals surface area contributed by atoms with Gasteiger partial charge in [0.1, 0.15) is 0 Å². The van der Waals surface area contributed by atoms with Gasteiger partial charge in [-0.1, -0.05) is 12.1 Å². The maximum atomic E-state index is 11.8. The molecule has 2 aromatic rings. The number of phenolic OH excluding ortho intramolecular Hbond substituents is 1. The van der Waals surface area contributed by atoms with E-state index in [4.69, 9.17) is 4.74 Å². The average molecular weight is 305 g/mol. The van der Waals surface area contributed by atoms with E-state index in [0.717, 1.165) is 0 Å². The number of nitro benzene ring substituents is 1. The molecule has 0 atom stereocenters. The van der Waals surface area contributed by atoms with Gasteiger partial charge in [0.15, 0.2) is 11.5 Å². The fraction of sp³-hybridized carbons (Fsp3) is 0.0714. The zero-order valence-corrected chi connectivity index (χ0v) is 11.8. The first-order valence-electron chi connectivity index (χ1n) is 5.84. The molecule has 0 aliphatic carbocycles. The van der Waals surface area contributed by atoms with Crippen LogP contribution in [0.3, 0.4) is 0 Å². The lowest BCUT2D eigenvalue weighted by Gasteiger charge is -2.05. The molecule has 1 heterocycles. The molecule has 7 heteroatoms. The maximum absolute atomic E-state index is 11.8. The summed E-state index contributed by atoms with van der Waals surface area (Å²) in [5.41, 5.74) is -0.0844. The Morgan fingerprint density at radius 1 is 1.48 bits per heavy atom. The Kier molecular flexibility index (Phi) is 4.34. The molecule has 0 aliphatic rings. The number of thiophene rings is 1. The van der Waals surface area contributed by atoms with Crippen LogP contribution >= 0.6 is 11.3 Å². The Morgan fingerprint density at radius 2 is 2.24 bits per heavy atom. The van der Waals surface area contributed by atoms with E-state index in [1.54, 1.807) is 17.5 Å². The highest BCUT2D eigenvalue weighted by molar-refractivity contribution is 7.12. The van der Waals surface area contributed by atoms with Crippen molar-refractivity contribution in [2.75, 3.05) is 7.11 Å². The van der Waals surface area contributed by atoms with Crippen LogP contribution in [-0.2, 0) is 0 Å². The van der Waals surface area contributed by atoms with Gasteiger partial charge in [0.05, 0.1) is 16.9 Å². The van der Waals surface area contributed by atoms with Gasteiger partial charge < -0.3 is 9.84 Å². The second-order valence-corrected chi connectivity index (χ2v) is 4.97. The summed E-state index contributed by atoms with van der Waals surface area (Å²) in [6.45, 7) is 0. The Bertz CT molecular complexity index is 706. The summed E-state index contributed by atoms with van der Waals surface area (Å²) < 4.78 is 4.88. The lowest BCUT2D eigenvalue weighted by Crippen LogP contribution is -1.94. The summed E-state index contributed by atoms with van der Waals surface area (Å²) >= 11 is 1.31. The largest absolute Gasteiger partial charge is 0.500 e. The van der Waals surface area contributed by atoms with Crippen molar-refractivity contribution in [1.82, 2.24) is 0 Å². The average Bonchev–Trinajstić information content (AvgIpc) is 2.99. The first-order valence-corrected chi connectivity index (χ1v) is 6.72. The van der Waals surface area contributed by atoms with E-state index in [9.17, 15) is 20.0 Å². The first-order chi connectivity index (χ1) is 10.0. The molecule has 1 N–H and O–H groups in total. The number of nitrogens with zero attached hydrogens (tertiary/aromatic N) is 1. The fourth-order valence-electron chi connectivity index (χ4n) is 1.68. The highest BCUT2D eigenvalue weighted by atomic mass is 32.1. The molecule has 0 aliphatic heterocycles. The van der Waals surface area contributed by atoms with Gasteiger partial charge >= 0.3 is 5.69 Å². The molecule has 0 spiro atoms. The Balaban J connectivity index is 2.34. The number of ketones is 1. The van der Waals surface area contributed by atoms with E-state index in [2.05, 4.69) is 0 Å². The molecule has 0 saturated carbocycles. The van der Waals surface area contributed by atoms with Gasteiger partial charge in [0.25, 0.3) is 0 Å². The molecule has 0 unspecified atom stereocenters. The molecular formula is C14H11NO5S. The number of allylic oxidation sites excluding steroid dienone is 1. The van der Waals surface area contributed by atoms with E-state index in [1.807, 2.05) is 0 Å². The van der Waals surface area contributed by atoms with Crippen molar-refractivity contribution < 1.29 is 19.6 Å². The van der Waals surface area contributed by atoms with Gasteiger partial charge in [-0.25, -0.2) is 0 Å². The summed E-state index contributed by atoms with van der Waals surface area (Å²) in [6, 6.07) is 6.05. The number of carbonyl (C=O) groups excluding carboxylic acids is 1. The molecule has 0 amide bonds. The molecule has 0 bridgehead atoms. The quantitative estimate of drug-likeness (QED) is 0.396. The smallest absolute Gasteiger partial charge is 0.315 e. The van der Waals surface area contributed by atoms with Crippen molar-refractivity contribution in [3.8, 4) is 11.5 Å². The van der Waals surface area contributed by atoms with Crippen LogP contribution in [0.2, 0.25) is 0 Å². The third-order valence-corrected chi connectivity index (χ3v) is 3.57. The van der Waals surface area contributed by atoms with Crippen molar-refractivity contribution in [2.24, 2.45) is 0 Å². The summed E-state index contributed by atoms with van der Waals surface area (Å²) in [7, 11) is 1.29. The molecular weight excluding hydrogens is 294 g/mol. The first kappa shape index (κ1) is 14.7. The molecule has 0 fully saturated rings. The van der Waals surface area contributed by atoms with Gasteiger partial charge in [-0.2, -0.15) is 0 Å². The minimum Gasteiger partial charge on any atom is -0.500 e. The van der Waals surface area contributed by atoms with E-state index in [1.165, 1.54) is 42.7 Å². The number of rotatable bonds is 5. The number of hydrogen-bond acceptors (Lipinski definition) is 6. The van der Waals surface area contributed by atoms with Crippen LogP contribution in [0, 0.1) is 10.1 Å².